The van der Waals surface area contributed by atoms with Crippen molar-refractivity contribution in [3.05, 3.63) is 38.8 Å². The Morgan fingerprint density at radius 3 is 2.54 bits per heavy atom. The first-order valence-corrected chi connectivity index (χ1v) is 8.51. The molecule has 0 aromatic carbocycles. The molecular weight excluding hydrogens is 371 g/mol. The van der Waals surface area contributed by atoms with E-state index in [0.29, 0.717) is 21.8 Å². The molecule has 10 heteroatoms. The van der Waals surface area contributed by atoms with Gasteiger partial charge in [-0.3, -0.25) is 9.48 Å². The zero-order valence-electron chi connectivity index (χ0n) is 14.3. The fourth-order valence-electron chi connectivity index (χ4n) is 2.71. The van der Waals surface area contributed by atoms with Crippen molar-refractivity contribution in [3.63, 3.8) is 0 Å². The van der Waals surface area contributed by atoms with Gasteiger partial charge in [-0.05, 0) is 32.9 Å². The van der Waals surface area contributed by atoms with E-state index < -0.39 is 24.6 Å². The van der Waals surface area contributed by atoms with E-state index in [1.165, 1.54) is 13.0 Å². The summed E-state index contributed by atoms with van der Waals surface area (Å²) in [6.07, 6.45) is -4.40. The number of aromatic carboxylic acids is 1. The van der Waals surface area contributed by atoms with Gasteiger partial charge in [-0.25, -0.2) is 4.79 Å². The summed E-state index contributed by atoms with van der Waals surface area (Å²) in [4.78, 5) is 24.1. The van der Waals surface area contributed by atoms with Crippen LogP contribution in [0.5, 0.6) is 0 Å². The van der Waals surface area contributed by atoms with Crippen LogP contribution in [0.2, 0.25) is 0 Å². The molecule has 2 aromatic heterocycles. The number of alkyl halides is 3. The van der Waals surface area contributed by atoms with Crippen molar-refractivity contribution in [2.75, 3.05) is 0 Å². The lowest BCUT2D eigenvalue weighted by Crippen LogP contribution is -2.28. The summed E-state index contributed by atoms with van der Waals surface area (Å²) < 4.78 is 38.7. The topological polar surface area (TPSA) is 84.2 Å². The number of carboxylic acid groups (broad SMARTS) is 1. The Balaban J connectivity index is 2.08. The van der Waals surface area contributed by atoms with E-state index in [1.54, 1.807) is 19.9 Å². The normalized spacial score (nSPS) is 12.8. The minimum atomic E-state index is -4.40. The van der Waals surface area contributed by atoms with Gasteiger partial charge in [-0.1, -0.05) is 0 Å². The number of thiophene rings is 1. The maximum atomic E-state index is 12.6. The van der Waals surface area contributed by atoms with E-state index in [0.717, 1.165) is 16.0 Å². The summed E-state index contributed by atoms with van der Waals surface area (Å²) in [6.45, 7) is 3.61. The lowest BCUT2D eigenvalue weighted by molar-refractivity contribution is -0.143. The molecule has 2 aromatic rings. The number of carbonyl (C=O) groups excluding carboxylic acids is 1. The summed E-state index contributed by atoms with van der Waals surface area (Å²) >= 11 is 1.05. The van der Waals surface area contributed by atoms with Crippen LogP contribution in [0.25, 0.3) is 0 Å². The summed E-state index contributed by atoms with van der Waals surface area (Å²) in [6, 6.07) is 3.06. The van der Waals surface area contributed by atoms with Crippen LogP contribution in [-0.4, -0.2) is 32.9 Å². The second-order valence-corrected chi connectivity index (χ2v) is 7.04. The van der Waals surface area contributed by atoms with Crippen molar-refractivity contribution in [1.82, 2.24) is 15.1 Å². The zero-order chi connectivity index (χ0) is 19.6. The standard InChI is InChI=1S/C16H18F3N3O3S/c1-8(13-9(2)21-22(10(13)3)7-16(17,18)19)14(23)20-6-11-4-5-12(26-11)15(24)25/h4-5,8H,6-7H2,1-3H3,(H,20,23)(H,24,25). The van der Waals surface area contributed by atoms with Gasteiger partial charge in [0.2, 0.25) is 5.91 Å². The fraction of sp³-hybridized carbons (Fsp3) is 0.438. The molecule has 0 spiro atoms. The van der Waals surface area contributed by atoms with Crippen LogP contribution in [0.15, 0.2) is 12.1 Å². The molecular formula is C16H18F3N3O3S. The Morgan fingerprint density at radius 2 is 2.00 bits per heavy atom. The number of aryl methyl sites for hydroxylation is 1. The van der Waals surface area contributed by atoms with Crippen molar-refractivity contribution < 1.29 is 27.9 Å². The molecule has 2 N–H and O–H groups in total. The van der Waals surface area contributed by atoms with Gasteiger partial charge in [0.15, 0.2) is 0 Å². The minimum Gasteiger partial charge on any atom is -0.477 e. The molecule has 0 bridgehead atoms. The average molecular weight is 389 g/mol. The van der Waals surface area contributed by atoms with E-state index in [2.05, 4.69) is 10.4 Å². The van der Waals surface area contributed by atoms with Crippen molar-refractivity contribution >= 4 is 23.2 Å². The molecule has 0 fully saturated rings. The predicted octanol–water partition coefficient (Wildman–Crippen LogP) is 3.24. The molecule has 0 aliphatic heterocycles. The highest BCUT2D eigenvalue weighted by Crippen LogP contribution is 2.26. The van der Waals surface area contributed by atoms with Crippen molar-refractivity contribution in [2.45, 2.75) is 46.0 Å². The van der Waals surface area contributed by atoms with E-state index in [-0.39, 0.29) is 17.3 Å². The summed E-state index contributed by atoms with van der Waals surface area (Å²) in [5.41, 5.74) is 1.13. The van der Waals surface area contributed by atoms with Crippen LogP contribution in [0, 0.1) is 13.8 Å². The predicted molar refractivity (Wildman–Crippen MR) is 89.3 cm³/mol. The summed E-state index contributed by atoms with van der Waals surface area (Å²) in [7, 11) is 0. The largest absolute Gasteiger partial charge is 0.477 e. The van der Waals surface area contributed by atoms with Gasteiger partial charge in [0.1, 0.15) is 11.4 Å². The number of rotatable bonds is 6. The quantitative estimate of drug-likeness (QED) is 0.794. The number of nitrogens with zero attached hydrogens (tertiary/aromatic N) is 2. The van der Waals surface area contributed by atoms with Gasteiger partial charge in [0, 0.05) is 16.1 Å². The van der Waals surface area contributed by atoms with Gasteiger partial charge < -0.3 is 10.4 Å². The first kappa shape index (κ1) is 20.0. The van der Waals surface area contributed by atoms with Gasteiger partial charge in [0.05, 0.1) is 18.2 Å². The Morgan fingerprint density at radius 1 is 1.35 bits per heavy atom. The van der Waals surface area contributed by atoms with Crippen molar-refractivity contribution in [2.24, 2.45) is 0 Å². The molecule has 142 valence electrons. The fourth-order valence-corrected chi connectivity index (χ4v) is 3.49. The minimum absolute atomic E-state index is 0.149. The Hall–Kier alpha value is -2.36. The van der Waals surface area contributed by atoms with E-state index in [4.69, 9.17) is 5.11 Å². The summed E-state index contributed by atoms with van der Waals surface area (Å²) in [5, 5.41) is 15.5. The van der Waals surface area contributed by atoms with Crippen LogP contribution >= 0.6 is 11.3 Å². The highest BCUT2D eigenvalue weighted by Gasteiger charge is 2.31. The smallest absolute Gasteiger partial charge is 0.408 e. The SMILES string of the molecule is Cc1nn(CC(F)(F)F)c(C)c1C(C)C(=O)NCc1ccc(C(=O)O)s1. The molecule has 0 radical (unpaired) electrons. The third-order valence-electron chi connectivity index (χ3n) is 3.90. The third-order valence-corrected chi connectivity index (χ3v) is 4.98. The van der Waals surface area contributed by atoms with Crippen LogP contribution < -0.4 is 5.32 Å². The first-order chi connectivity index (χ1) is 12.0. The van der Waals surface area contributed by atoms with Gasteiger partial charge in [-0.2, -0.15) is 18.3 Å². The number of hydrogen-bond acceptors (Lipinski definition) is 4. The number of hydrogen-bond donors (Lipinski definition) is 2. The molecule has 6 nitrogen and oxygen atoms in total. The van der Waals surface area contributed by atoms with E-state index >= 15 is 0 Å². The second kappa shape index (κ2) is 7.48. The Bertz CT molecular complexity index is 827. The second-order valence-electron chi connectivity index (χ2n) is 5.87. The number of amides is 1. The highest BCUT2D eigenvalue weighted by molar-refractivity contribution is 7.13. The van der Waals surface area contributed by atoms with E-state index in [1.807, 2.05) is 0 Å². The number of nitrogens with one attached hydrogen (secondary N) is 1. The number of halogens is 3. The maximum absolute atomic E-state index is 12.6. The number of aromatic nitrogens is 2. The van der Waals surface area contributed by atoms with Crippen molar-refractivity contribution in [3.8, 4) is 0 Å². The van der Waals surface area contributed by atoms with Gasteiger partial charge in [0.25, 0.3) is 0 Å². The van der Waals surface area contributed by atoms with Crippen LogP contribution in [0.4, 0.5) is 13.2 Å². The number of carbonyl (C=O) groups is 2. The lowest BCUT2D eigenvalue weighted by atomic mass is 9.98. The molecule has 0 saturated carbocycles. The molecule has 0 saturated heterocycles. The maximum Gasteiger partial charge on any atom is 0.408 e. The molecule has 1 amide bonds. The van der Waals surface area contributed by atoms with Crippen LogP contribution in [0.1, 0.15) is 44.3 Å². The first-order valence-electron chi connectivity index (χ1n) is 7.70. The molecule has 2 rings (SSSR count). The Labute approximate surface area is 151 Å². The molecule has 1 unspecified atom stereocenters. The van der Waals surface area contributed by atoms with Gasteiger partial charge in [-0.15, -0.1) is 11.3 Å². The molecule has 2 heterocycles. The molecule has 0 aliphatic carbocycles. The Kier molecular flexibility index (Phi) is 5.74. The van der Waals surface area contributed by atoms with Crippen LogP contribution in [-0.2, 0) is 17.9 Å². The van der Waals surface area contributed by atoms with Gasteiger partial charge >= 0.3 is 12.1 Å². The molecule has 1 atom stereocenters. The zero-order valence-corrected chi connectivity index (χ0v) is 15.2. The lowest BCUT2D eigenvalue weighted by Gasteiger charge is -2.13. The third kappa shape index (κ3) is 4.63. The van der Waals surface area contributed by atoms with E-state index in [9.17, 15) is 22.8 Å². The molecule has 0 aliphatic rings. The van der Waals surface area contributed by atoms with Crippen molar-refractivity contribution in [1.29, 1.82) is 0 Å². The molecule has 26 heavy (non-hydrogen) atoms. The monoisotopic (exact) mass is 389 g/mol. The average Bonchev–Trinajstić information content (AvgIpc) is 3.08. The number of carboxylic acids is 1. The summed E-state index contributed by atoms with van der Waals surface area (Å²) in [5.74, 6) is -2.09. The highest BCUT2D eigenvalue weighted by atomic mass is 32.1. The van der Waals surface area contributed by atoms with Crippen LogP contribution in [0.3, 0.4) is 0 Å².